The van der Waals surface area contributed by atoms with E-state index in [4.69, 9.17) is 5.84 Å². The van der Waals surface area contributed by atoms with Crippen LogP contribution in [-0.4, -0.2) is 0 Å². The van der Waals surface area contributed by atoms with Crippen LogP contribution in [0.15, 0.2) is 42.5 Å². The van der Waals surface area contributed by atoms with E-state index >= 15 is 0 Å². The van der Waals surface area contributed by atoms with Gasteiger partial charge in [0.2, 0.25) is 0 Å². The van der Waals surface area contributed by atoms with Crippen molar-refractivity contribution in [1.82, 2.24) is 5.43 Å². The lowest BCUT2D eigenvalue weighted by Crippen LogP contribution is -2.29. The molecule has 2 aromatic carbocycles. The first kappa shape index (κ1) is 13.5. The number of nitrogens with two attached hydrogens (primary N) is 1. The molecule has 0 aliphatic carbocycles. The number of hydrazine groups is 1. The lowest BCUT2D eigenvalue weighted by atomic mass is 9.96. The van der Waals surface area contributed by atoms with Gasteiger partial charge >= 0.3 is 0 Å². The molecule has 1 unspecified atom stereocenters. The van der Waals surface area contributed by atoms with Crippen LogP contribution in [0, 0.1) is 17.4 Å². The Bertz CT molecular complexity index is 532. The molecule has 1 atom stereocenters. The number of rotatable bonds is 3. The van der Waals surface area contributed by atoms with Crippen LogP contribution in [0.25, 0.3) is 0 Å². The average molecular weight is 352 g/mol. The predicted octanol–water partition coefficient (Wildman–Crippen LogP) is 3.46. The summed E-state index contributed by atoms with van der Waals surface area (Å²) in [5, 5.41) is 0. The van der Waals surface area contributed by atoms with Gasteiger partial charge in [-0.05, 0) is 59.7 Å². The van der Waals surface area contributed by atoms with E-state index in [9.17, 15) is 0 Å². The molecule has 0 fully saturated rings. The van der Waals surface area contributed by atoms with Crippen molar-refractivity contribution in [2.75, 3.05) is 0 Å². The zero-order valence-corrected chi connectivity index (χ0v) is 12.7. The SMILES string of the molecule is Cc1cc(C)cc(C(NN)c2cccc(I)c2)c1. The highest BCUT2D eigenvalue weighted by Gasteiger charge is 2.13. The number of hydrogen-bond acceptors (Lipinski definition) is 2. The monoisotopic (exact) mass is 352 g/mol. The van der Waals surface area contributed by atoms with Gasteiger partial charge in [-0.2, -0.15) is 0 Å². The number of halogens is 1. The molecule has 0 saturated heterocycles. The van der Waals surface area contributed by atoms with E-state index in [2.05, 4.69) is 84.3 Å². The van der Waals surface area contributed by atoms with Crippen LogP contribution in [0.3, 0.4) is 0 Å². The molecule has 0 bridgehead atoms. The van der Waals surface area contributed by atoms with Crippen molar-refractivity contribution < 1.29 is 0 Å². The summed E-state index contributed by atoms with van der Waals surface area (Å²) in [5.41, 5.74) is 7.83. The Labute approximate surface area is 122 Å². The highest BCUT2D eigenvalue weighted by molar-refractivity contribution is 14.1. The molecule has 0 aliphatic rings. The fourth-order valence-corrected chi connectivity index (χ4v) is 2.81. The molecule has 0 heterocycles. The third-order valence-corrected chi connectivity index (χ3v) is 3.60. The molecule has 0 amide bonds. The first-order chi connectivity index (χ1) is 8.60. The normalized spacial score (nSPS) is 12.4. The van der Waals surface area contributed by atoms with Crippen molar-refractivity contribution in [2.45, 2.75) is 19.9 Å². The second kappa shape index (κ2) is 5.82. The first-order valence-corrected chi connectivity index (χ1v) is 6.98. The van der Waals surface area contributed by atoms with E-state index < -0.39 is 0 Å². The van der Waals surface area contributed by atoms with Crippen LogP contribution in [0.1, 0.15) is 28.3 Å². The van der Waals surface area contributed by atoms with Gasteiger partial charge in [-0.25, -0.2) is 5.43 Å². The van der Waals surface area contributed by atoms with Crippen LogP contribution < -0.4 is 11.3 Å². The number of nitrogens with one attached hydrogen (secondary N) is 1. The smallest absolute Gasteiger partial charge is 0.0710 e. The van der Waals surface area contributed by atoms with E-state index in [1.165, 1.54) is 25.8 Å². The fraction of sp³-hybridized carbons (Fsp3) is 0.200. The van der Waals surface area contributed by atoms with Gasteiger partial charge in [-0.3, -0.25) is 5.84 Å². The third kappa shape index (κ3) is 3.10. The van der Waals surface area contributed by atoms with E-state index in [1.807, 2.05) is 0 Å². The van der Waals surface area contributed by atoms with Crippen LogP contribution >= 0.6 is 22.6 Å². The summed E-state index contributed by atoms with van der Waals surface area (Å²) in [4.78, 5) is 0. The molecule has 2 nitrogen and oxygen atoms in total. The first-order valence-electron chi connectivity index (χ1n) is 5.90. The topological polar surface area (TPSA) is 38.0 Å². The summed E-state index contributed by atoms with van der Waals surface area (Å²) >= 11 is 2.32. The Morgan fingerprint density at radius 3 is 2.22 bits per heavy atom. The lowest BCUT2D eigenvalue weighted by Gasteiger charge is -2.18. The minimum Gasteiger partial charge on any atom is -0.271 e. The maximum absolute atomic E-state index is 5.73. The standard InChI is InChI=1S/C15H17IN2/c1-10-6-11(2)8-13(7-10)15(18-17)12-4-3-5-14(16)9-12/h3-9,15,18H,17H2,1-2H3. The molecule has 0 aromatic heterocycles. The lowest BCUT2D eigenvalue weighted by molar-refractivity contribution is 0.636. The van der Waals surface area contributed by atoms with Crippen LogP contribution in [-0.2, 0) is 0 Å². The molecule has 3 N–H and O–H groups in total. The molecule has 2 rings (SSSR count). The summed E-state index contributed by atoms with van der Waals surface area (Å²) in [6.07, 6.45) is 0. The van der Waals surface area contributed by atoms with Gasteiger partial charge in [0.1, 0.15) is 0 Å². The molecule has 0 spiro atoms. The molecule has 3 heteroatoms. The molecule has 18 heavy (non-hydrogen) atoms. The number of hydrogen-bond donors (Lipinski definition) is 2. The van der Waals surface area contributed by atoms with Gasteiger partial charge in [0, 0.05) is 3.57 Å². The summed E-state index contributed by atoms with van der Waals surface area (Å²) < 4.78 is 1.22. The Kier molecular flexibility index (Phi) is 4.37. The van der Waals surface area contributed by atoms with Crippen LogP contribution in [0.4, 0.5) is 0 Å². The molecular weight excluding hydrogens is 335 g/mol. The molecule has 94 valence electrons. The van der Waals surface area contributed by atoms with Gasteiger partial charge in [-0.15, -0.1) is 0 Å². The number of aryl methyl sites for hydroxylation is 2. The van der Waals surface area contributed by atoms with Crippen molar-refractivity contribution in [1.29, 1.82) is 0 Å². The van der Waals surface area contributed by atoms with E-state index in [0.717, 1.165) is 0 Å². The minimum absolute atomic E-state index is 0.0401. The summed E-state index contributed by atoms with van der Waals surface area (Å²) in [7, 11) is 0. The van der Waals surface area contributed by atoms with Gasteiger partial charge in [-0.1, -0.05) is 41.5 Å². The van der Waals surface area contributed by atoms with E-state index in [0.29, 0.717) is 0 Å². The zero-order valence-electron chi connectivity index (χ0n) is 10.6. The van der Waals surface area contributed by atoms with Gasteiger partial charge in [0.05, 0.1) is 6.04 Å². The van der Waals surface area contributed by atoms with Crippen molar-refractivity contribution in [2.24, 2.45) is 5.84 Å². The zero-order chi connectivity index (χ0) is 13.1. The Balaban J connectivity index is 2.45. The minimum atomic E-state index is 0.0401. The van der Waals surface area contributed by atoms with Gasteiger partial charge in [0.15, 0.2) is 0 Å². The molecule has 0 radical (unpaired) electrons. The highest BCUT2D eigenvalue weighted by atomic mass is 127. The second-order valence-corrected chi connectivity index (χ2v) is 5.82. The maximum atomic E-state index is 5.73. The van der Waals surface area contributed by atoms with Crippen molar-refractivity contribution in [3.63, 3.8) is 0 Å². The summed E-state index contributed by atoms with van der Waals surface area (Å²) in [6.45, 7) is 4.22. The molecule has 2 aromatic rings. The number of benzene rings is 2. The summed E-state index contributed by atoms with van der Waals surface area (Å²) in [5.74, 6) is 5.73. The highest BCUT2D eigenvalue weighted by Crippen LogP contribution is 2.24. The summed E-state index contributed by atoms with van der Waals surface area (Å²) in [6, 6.07) is 15.0. The molecular formula is C15H17IN2. The van der Waals surface area contributed by atoms with E-state index in [-0.39, 0.29) is 6.04 Å². The molecule has 0 saturated carbocycles. The van der Waals surface area contributed by atoms with Crippen LogP contribution in [0.5, 0.6) is 0 Å². The Hall–Kier alpha value is -0.910. The third-order valence-electron chi connectivity index (χ3n) is 2.93. The van der Waals surface area contributed by atoms with Gasteiger partial charge < -0.3 is 0 Å². The van der Waals surface area contributed by atoms with E-state index in [1.54, 1.807) is 0 Å². The maximum Gasteiger partial charge on any atom is 0.0710 e. The average Bonchev–Trinajstić information content (AvgIpc) is 2.28. The van der Waals surface area contributed by atoms with Crippen molar-refractivity contribution in [3.8, 4) is 0 Å². The Morgan fingerprint density at radius 2 is 1.67 bits per heavy atom. The quantitative estimate of drug-likeness (QED) is 0.504. The second-order valence-electron chi connectivity index (χ2n) is 4.58. The van der Waals surface area contributed by atoms with Gasteiger partial charge in [0.25, 0.3) is 0 Å². The molecule has 0 aliphatic heterocycles. The van der Waals surface area contributed by atoms with Crippen molar-refractivity contribution >= 4 is 22.6 Å². The van der Waals surface area contributed by atoms with Crippen LogP contribution in [0.2, 0.25) is 0 Å². The van der Waals surface area contributed by atoms with Crippen molar-refractivity contribution in [3.05, 3.63) is 68.3 Å². The fourth-order valence-electron chi connectivity index (χ4n) is 2.25. The Morgan fingerprint density at radius 1 is 1.00 bits per heavy atom. The largest absolute Gasteiger partial charge is 0.271 e. The predicted molar refractivity (Wildman–Crippen MR) is 84.2 cm³/mol.